The summed E-state index contributed by atoms with van der Waals surface area (Å²) in [4.78, 5) is 24.4. The second-order valence-corrected chi connectivity index (χ2v) is 7.31. The first-order valence-electron chi connectivity index (χ1n) is 8.01. The van der Waals surface area contributed by atoms with Crippen molar-refractivity contribution in [2.75, 3.05) is 19.5 Å². The lowest BCUT2D eigenvalue weighted by Gasteiger charge is -2.17. The number of benzene rings is 1. The van der Waals surface area contributed by atoms with Gasteiger partial charge in [0.25, 0.3) is 0 Å². The first-order valence-corrected chi connectivity index (χ1v) is 9.58. The Morgan fingerprint density at radius 2 is 2.23 bits per heavy atom. The average Bonchev–Trinajstić information content (AvgIpc) is 2.60. The van der Waals surface area contributed by atoms with Gasteiger partial charge in [-0.25, -0.2) is 9.59 Å². The smallest absolute Gasteiger partial charge is 0.338 e. The summed E-state index contributed by atoms with van der Waals surface area (Å²) < 4.78 is 10.5. The largest absolute Gasteiger partial charge is 0.507 e. The number of nitrogens with one attached hydrogen (secondary N) is 1. The van der Waals surface area contributed by atoms with E-state index < -0.39 is 18.0 Å². The van der Waals surface area contributed by atoms with Crippen molar-refractivity contribution in [3.8, 4) is 11.5 Å². The molecule has 9 heteroatoms. The molecule has 0 aromatic heterocycles. The number of ether oxygens (including phenoxy) is 2. The Balaban J connectivity index is 2.38. The Kier molecular flexibility index (Phi) is 7.10. The molecule has 0 aliphatic carbocycles. The third-order valence-electron chi connectivity index (χ3n) is 3.99. The highest BCUT2D eigenvalue weighted by Crippen LogP contribution is 2.35. The molecule has 1 atom stereocenters. The zero-order valence-electron chi connectivity index (χ0n) is 14.5. The number of rotatable bonds is 2. The second-order valence-electron chi connectivity index (χ2n) is 5.79. The molecule has 0 spiro atoms. The maximum absolute atomic E-state index is 12.6. The lowest BCUT2D eigenvalue weighted by Crippen LogP contribution is -2.41. The van der Waals surface area contributed by atoms with Crippen LogP contribution in [0.2, 0.25) is 0 Å². The summed E-state index contributed by atoms with van der Waals surface area (Å²) >= 11 is 6.44. The summed E-state index contributed by atoms with van der Waals surface area (Å²) in [5.41, 5.74) is 1.24. The standard InChI is InChI=1S/C17H21NO6S2/c1-9-13(23-2)6-12(19)10-7-26-8-11(16(20)21)18-14(25)4-3-5-24-17(22)15(9)10/h6,11,19H,3-5,7-8H2,1-2H3,(H,18,25)(H,20,21)/t11-/m0/s1. The molecule has 1 aromatic rings. The van der Waals surface area contributed by atoms with E-state index in [-0.39, 0.29) is 29.4 Å². The molecule has 0 saturated heterocycles. The van der Waals surface area contributed by atoms with E-state index in [0.717, 1.165) is 0 Å². The predicted octanol–water partition coefficient (Wildman–Crippen LogP) is 2.26. The van der Waals surface area contributed by atoms with Crippen LogP contribution in [0.1, 0.15) is 34.3 Å². The maximum atomic E-state index is 12.6. The highest BCUT2D eigenvalue weighted by atomic mass is 32.2. The summed E-state index contributed by atoms with van der Waals surface area (Å²) in [6.07, 6.45) is 0.896. The summed E-state index contributed by atoms with van der Waals surface area (Å²) in [5.74, 6) is -0.762. The number of phenolic OH excluding ortho intramolecular Hbond substituents is 1. The molecular formula is C17H21NO6S2. The van der Waals surface area contributed by atoms with Crippen molar-refractivity contribution in [3.05, 3.63) is 22.8 Å². The van der Waals surface area contributed by atoms with Crippen molar-refractivity contribution in [1.29, 1.82) is 0 Å². The summed E-state index contributed by atoms with van der Waals surface area (Å²) in [6, 6.07) is 0.608. The second kappa shape index (κ2) is 9.09. The molecule has 2 rings (SSSR count). The van der Waals surface area contributed by atoms with E-state index in [2.05, 4.69) is 5.32 Å². The van der Waals surface area contributed by atoms with Gasteiger partial charge in [0.1, 0.15) is 17.5 Å². The Morgan fingerprint density at radius 3 is 2.88 bits per heavy atom. The number of aliphatic carboxylic acids is 1. The molecular weight excluding hydrogens is 378 g/mol. The Hall–Kier alpha value is -2.00. The number of carbonyl (C=O) groups is 2. The molecule has 0 saturated carbocycles. The van der Waals surface area contributed by atoms with Crippen LogP contribution in [0, 0.1) is 6.92 Å². The summed E-state index contributed by atoms with van der Waals surface area (Å²) in [7, 11) is 1.46. The number of hydrogen-bond acceptors (Lipinski definition) is 7. The van der Waals surface area contributed by atoms with Crippen LogP contribution in [0.15, 0.2) is 6.07 Å². The van der Waals surface area contributed by atoms with Crippen molar-refractivity contribution in [1.82, 2.24) is 5.32 Å². The van der Waals surface area contributed by atoms with Gasteiger partial charge in [0.05, 0.1) is 24.3 Å². The minimum absolute atomic E-state index is 0.0860. The van der Waals surface area contributed by atoms with Crippen molar-refractivity contribution >= 4 is 40.9 Å². The minimum Gasteiger partial charge on any atom is -0.507 e. The monoisotopic (exact) mass is 399 g/mol. The number of aromatic hydroxyl groups is 1. The fraction of sp³-hybridized carbons (Fsp3) is 0.471. The van der Waals surface area contributed by atoms with Crippen molar-refractivity contribution in [2.45, 2.75) is 31.6 Å². The number of methoxy groups -OCH3 is 1. The van der Waals surface area contributed by atoms with Crippen LogP contribution in [-0.4, -0.2) is 52.7 Å². The number of carboxylic acids is 1. The first-order chi connectivity index (χ1) is 12.3. The predicted molar refractivity (Wildman–Crippen MR) is 102 cm³/mol. The molecule has 0 fully saturated rings. The van der Waals surface area contributed by atoms with Crippen LogP contribution in [0.3, 0.4) is 0 Å². The van der Waals surface area contributed by atoms with Crippen LogP contribution >= 0.6 is 24.0 Å². The number of carboxylic acid groups (broad SMARTS) is 1. The maximum Gasteiger partial charge on any atom is 0.338 e. The fourth-order valence-electron chi connectivity index (χ4n) is 2.62. The van der Waals surface area contributed by atoms with Gasteiger partial charge in [-0.3, -0.25) is 0 Å². The zero-order valence-corrected chi connectivity index (χ0v) is 16.2. The van der Waals surface area contributed by atoms with Gasteiger partial charge in [0.2, 0.25) is 0 Å². The number of thiocarbonyl (C=S) groups is 1. The Bertz CT molecular complexity index is 722. The minimum atomic E-state index is -1.00. The van der Waals surface area contributed by atoms with E-state index in [1.807, 2.05) is 0 Å². The average molecular weight is 399 g/mol. The van der Waals surface area contributed by atoms with E-state index in [9.17, 15) is 19.8 Å². The lowest BCUT2D eigenvalue weighted by atomic mass is 10.0. The van der Waals surface area contributed by atoms with Crippen LogP contribution in [0.25, 0.3) is 0 Å². The molecule has 0 radical (unpaired) electrons. The van der Waals surface area contributed by atoms with Crippen LogP contribution in [-0.2, 0) is 15.3 Å². The number of phenols is 1. The molecule has 0 amide bonds. The molecule has 1 aromatic carbocycles. The van der Waals surface area contributed by atoms with Crippen LogP contribution in [0.5, 0.6) is 11.5 Å². The SMILES string of the molecule is COc1cc(O)c2c(c1C)C(=O)OCCCC(=S)N[C@H](C(=O)O)CSC2. The quantitative estimate of drug-likeness (QED) is 0.510. The number of carbonyl (C=O) groups excluding carboxylic acids is 1. The molecule has 0 unspecified atom stereocenters. The molecule has 0 bridgehead atoms. The van der Waals surface area contributed by atoms with Gasteiger partial charge < -0.3 is 25.0 Å². The highest BCUT2D eigenvalue weighted by Gasteiger charge is 2.25. The third-order valence-corrected chi connectivity index (χ3v) is 5.38. The van der Waals surface area contributed by atoms with Gasteiger partial charge in [0.15, 0.2) is 0 Å². The number of thioether (sulfide) groups is 1. The fourth-order valence-corrected chi connectivity index (χ4v) is 3.98. The third kappa shape index (κ3) is 4.79. The van der Waals surface area contributed by atoms with E-state index in [1.165, 1.54) is 24.9 Å². The molecule has 1 aliphatic heterocycles. The Labute approximate surface area is 161 Å². The molecule has 26 heavy (non-hydrogen) atoms. The molecule has 1 heterocycles. The molecule has 1 aliphatic rings. The number of esters is 1. The van der Waals surface area contributed by atoms with Gasteiger partial charge >= 0.3 is 11.9 Å². The molecule has 3 N–H and O–H groups in total. The van der Waals surface area contributed by atoms with Gasteiger partial charge in [-0.2, -0.15) is 11.8 Å². The molecule has 7 nitrogen and oxygen atoms in total. The number of hydrogen-bond donors (Lipinski definition) is 3. The van der Waals surface area contributed by atoms with Gasteiger partial charge in [0, 0.05) is 35.1 Å². The van der Waals surface area contributed by atoms with E-state index >= 15 is 0 Å². The topological polar surface area (TPSA) is 105 Å². The normalized spacial score (nSPS) is 19.1. The lowest BCUT2D eigenvalue weighted by molar-refractivity contribution is -0.138. The van der Waals surface area contributed by atoms with Crippen molar-refractivity contribution in [2.24, 2.45) is 0 Å². The highest BCUT2D eigenvalue weighted by molar-refractivity contribution is 7.98. The van der Waals surface area contributed by atoms with E-state index in [1.54, 1.807) is 6.92 Å². The number of fused-ring (bicyclic) bond motifs is 1. The van der Waals surface area contributed by atoms with Crippen molar-refractivity contribution in [3.63, 3.8) is 0 Å². The van der Waals surface area contributed by atoms with Crippen LogP contribution in [0.4, 0.5) is 0 Å². The van der Waals surface area contributed by atoms with E-state index in [0.29, 0.717) is 34.7 Å². The molecule has 142 valence electrons. The van der Waals surface area contributed by atoms with Gasteiger partial charge in [-0.15, -0.1) is 0 Å². The van der Waals surface area contributed by atoms with Gasteiger partial charge in [-0.05, 0) is 13.3 Å². The van der Waals surface area contributed by atoms with Gasteiger partial charge in [-0.1, -0.05) is 12.2 Å². The first kappa shape index (κ1) is 20.3. The zero-order chi connectivity index (χ0) is 19.3. The van der Waals surface area contributed by atoms with Crippen LogP contribution < -0.4 is 10.1 Å². The van der Waals surface area contributed by atoms with Crippen molar-refractivity contribution < 1.29 is 29.3 Å². The summed E-state index contributed by atoms with van der Waals surface area (Å²) in [5, 5.41) is 22.5. The Morgan fingerprint density at radius 1 is 1.50 bits per heavy atom. The van der Waals surface area contributed by atoms with E-state index in [4.69, 9.17) is 21.7 Å². The summed E-state index contributed by atoms with van der Waals surface area (Å²) in [6.45, 7) is 1.86. The number of cyclic esters (lactones) is 1.